The Kier molecular flexibility index (Phi) is 3.27. The van der Waals surface area contributed by atoms with Gasteiger partial charge >= 0.3 is 0 Å². The molecule has 0 saturated carbocycles. The van der Waals surface area contributed by atoms with Crippen molar-refractivity contribution in [2.45, 2.75) is 26.3 Å². The lowest BCUT2D eigenvalue weighted by atomic mass is 9.88. The average Bonchev–Trinajstić information content (AvgIpc) is 2.53. The maximum atomic E-state index is 11.7. The van der Waals surface area contributed by atoms with Crippen LogP contribution in [-0.2, 0) is 4.79 Å². The lowest BCUT2D eigenvalue weighted by Crippen LogP contribution is -2.46. The van der Waals surface area contributed by atoms with Crippen molar-refractivity contribution in [2.75, 3.05) is 19.6 Å². The van der Waals surface area contributed by atoms with Gasteiger partial charge in [-0.2, -0.15) is 0 Å². The molecule has 1 fully saturated rings. The molecule has 2 atom stereocenters. The summed E-state index contributed by atoms with van der Waals surface area (Å²) in [6.45, 7) is 6.11. The summed E-state index contributed by atoms with van der Waals surface area (Å²) in [5.41, 5.74) is 5.20. The third kappa shape index (κ3) is 2.42. The molecular formula is C9H19N3O. The van der Waals surface area contributed by atoms with Crippen LogP contribution in [0, 0.1) is 5.41 Å². The molecule has 0 spiro atoms. The molecule has 1 amide bonds. The fourth-order valence-electron chi connectivity index (χ4n) is 1.47. The van der Waals surface area contributed by atoms with Gasteiger partial charge in [-0.05, 0) is 26.8 Å². The standard InChI is InChI=1S/C9H19N3O/c1-7(5-10)12-8(13)9(2)3-4-11-6-9/h7,11H,3-6,10H2,1-2H3,(H,12,13)/t7-,9?/m1/s1. The van der Waals surface area contributed by atoms with Crippen molar-refractivity contribution in [3.05, 3.63) is 0 Å². The number of hydrogen-bond donors (Lipinski definition) is 3. The minimum Gasteiger partial charge on any atom is -0.352 e. The summed E-state index contributed by atoms with van der Waals surface area (Å²) >= 11 is 0. The smallest absolute Gasteiger partial charge is 0.227 e. The Labute approximate surface area is 79.3 Å². The van der Waals surface area contributed by atoms with Gasteiger partial charge in [-0.1, -0.05) is 0 Å². The van der Waals surface area contributed by atoms with E-state index in [2.05, 4.69) is 10.6 Å². The molecule has 1 saturated heterocycles. The summed E-state index contributed by atoms with van der Waals surface area (Å²) in [6.07, 6.45) is 0.913. The molecule has 0 aromatic rings. The summed E-state index contributed by atoms with van der Waals surface area (Å²) in [5, 5.41) is 6.10. The molecule has 4 N–H and O–H groups in total. The zero-order chi connectivity index (χ0) is 9.90. The summed E-state index contributed by atoms with van der Waals surface area (Å²) in [7, 11) is 0. The Morgan fingerprint density at radius 2 is 2.46 bits per heavy atom. The van der Waals surface area contributed by atoms with Gasteiger partial charge in [-0.3, -0.25) is 4.79 Å². The SMILES string of the molecule is C[C@H](CN)NC(=O)C1(C)CCNC1. The molecule has 0 radical (unpaired) electrons. The van der Waals surface area contributed by atoms with Crippen LogP contribution in [0.4, 0.5) is 0 Å². The number of amides is 1. The van der Waals surface area contributed by atoms with E-state index in [1.807, 2.05) is 13.8 Å². The first kappa shape index (κ1) is 10.5. The third-order valence-electron chi connectivity index (χ3n) is 2.65. The van der Waals surface area contributed by atoms with E-state index in [0.29, 0.717) is 6.54 Å². The quantitative estimate of drug-likeness (QED) is 0.552. The van der Waals surface area contributed by atoms with E-state index in [4.69, 9.17) is 5.73 Å². The summed E-state index contributed by atoms with van der Waals surface area (Å²) in [6, 6.07) is 0.0740. The van der Waals surface area contributed by atoms with Gasteiger partial charge in [0, 0.05) is 19.1 Å². The Balaban J connectivity index is 2.46. The third-order valence-corrected chi connectivity index (χ3v) is 2.65. The number of rotatable bonds is 3. The van der Waals surface area contributed by atoms with Gasteiger partial charge in [-0.15, -0.1) is 0 Å². The van der Waals surface area contributed by atoms with Crippen molar-refractivity contribution in [1.82, 2.24) is 10.6 Å². The maximum absolute atomic E-state index is 11.7. The van der Waals surface area contributed by atoms with E-state index in [9.17, 15) is 4.79 Å². The van der Waals surface area contributed by atoms with Gasteiger partial charge < -0.3 is 16.4 Å². The van der Waals surface area contributed by atoms with Crippen LogP contribution in [0.15, 0.2) is 0 Å². The van der Waals surface area contributed by atoms with Crippen LogP contribution in [0.1, 0.15) is 20.3 Å². The second-order valence-electron chi connectivity index (χ2n) is 4.10. The summed E-state index contributed by atoms with van der Waals surface area (Å²) in [5.74, 6) is 0.121. The molecule has 0 aliphatic carbocycles. The first-order chi connectivity index (χ1) is 6.08. The predicted molar refractivity (Wildman–Crippen MR) is 52.3 cm³/mol. The van der Waals surface area contributed by atoms with Crippen molar-refractivity contribution in [2.24, 2.45) is 11.1 Å². The molecule has 0 aromatic carbocycles. The number of nitrogens with two attached hydrogens (primary N) is 1. The summed E-state index contributed by atoms with van der Waals surface area (Å²) in [4.78, 5) is 11.7. The van der Waals surface area contributed by atoms with Crippen LogP contribution in [0.2, 0.25) is 0 Å². The Morgan fingerprint density at radius 3 is 2.92 bits per heavy atom. The van der Waals surface area contributed by atoms with Crippen molar-refractivity contribution in [3.63, 3.8) is 0 Å². The predicted octanol–water partition coefficient (Wildman–Crippen LogP) is -0.551. The number of carbonyl (C=O) groups excluding carboxylic acids is 1. The molecular weight excluding hydrogens is 166 g/mol. The fraction of sp³-hybridized carbons (Fsp3) is 0.889. The molecule has 4 heteroatoms. The van der Waals surface area contributed by atoms with E-state index < -0.39 is 0 Å². The molecule has 1 heterocycles. The van der Waals surface area contributed by atoms with Gasteiger partial charge in [0.05, 0.1) is 5.41 Å². The monoisotopic (exact) mass is 185 g/mol. The van der Waals surface area contributed by atoms with Crippen LogP contribution in [0.25, 0.3) is 0 Å². The highest BCUT2D eigenvalue weighted by Gasteiger charge is 2.36. The fourth-order valence-corrected chi connectivity index (χ4v) is 1.47. The van der Waals surface area contributed by atoms with Gasteiger partial charge in [-0.25, -0.2) is 0 Å². The minimum atomic E-state index is -0.233. The van der Waals surface area contributed by atoms with E-state index in [1.165, 1.54) is 0 Å². The average molecular weight is 185 g/mol. The largest absolute Gasteiger partial charge is 0.352 e. The Hall–Kier alpha value is -0.610. The van der Waals surface area contributed by atoms with Crippen LogP contribution >= 0.6 is 0 Å². The maximum Gasteiger partial charge on any atom is 0.227 e. The first-order valence-corrected chi connectivity index (χ1v) is 4.80. The van der Waals surface area contributed by atoms with E-state index >= 15 is 0 Å². The van der Waals surface area contributed by atoms with Gasteiger partial charge in [0.15, 0.2) is 0 Å². The number of nitrogens with one attached hydrogen (secondary N) is 2. The second kappa shape index (κ2) is 4.07. The zero-order valence-electron chi connectivity index (χ0n) is 8.39. The van der Waals surface area contributed by atoms with Crippen LogP contribution in [0.3, 0.4) is 0 Å². The minimum absolute atomic E-state index is 0.0740. The van der Waals surface area contributed by atoms with Crippen molar-refractivity contribution in [1.29, 1.82) is 0 Å². The van der Waals surface area contributed by atoms with Crippen LogP contribution in [0.5, 0.6) is 0 Å². The van der Waals surface area contributed by atoms with Crippen molar-refractivity contribution >= 4 is 5.91 Å². The van der Waals surface area contributed by atoms with Crippen LogP contribution in [-0.4, -0.2) is 31.6 Å². The molecule has 76 valence electrons. The van der Waals surface area contributed by atoms with Crippen LogP contribution < -0.4 is 16.4 Å². The Morgan fingerprint density at radius 1 is 1.77 bits per heavy atom. The molecule has 0 aromatic heterocycles. The topological polar surface area (TPSA) is 67.1 Å². The molecule has 1 unspecified atom stereocenters. The molecule has 1 aliphatic heterocycles. The normalized spacial score (nSPS) is 30.1. The lowest BCUT2D eigenvalue weighted by molar-refractivity contribution is -0.129. The molecule has 1 rings (SSSR count). The molecule has 1 aliphatic rings. The number of hydrogen-bond acceptors (Lipinski definition) is 3. The van der Waals surface area contributed by atoms with Gasteiger partial charge in [0.1, 0.15) is 0 Å². The van der Waals surface area contributed by atoms with E-state index in [1.54, 1.807) is 0 Å². The van der Waals surface area contributed by atoms with Crippen molar-refractivity contribution < 1.29 is 4.79 Å². The molecule has 4 nitrogen and oxygen atoms in total. The van der Waals surface area contributed by atoms with Gasteiger partial charge in [0.2, 0.25) is 5.91 Å². The number of carbonyl (C=O) groups is 1. The van der Waals surface area contributed by atoms with Gasteiger partial charge in [0.25, 0.3) is 0 Å². The highest BCUT2D eigenvalue weighted by molar-refractivity contribution is 5.83. The summed E-state index contributed by atoms with van der Waals surface area (Å²) < 4.78 is 0. The molecule has 0 bridgehead atoms. The highest BCUT2D eigenvalue weighted by atomic mass is 16.2. The van der Waals surface area contributed by atoms with Crippen molar-refractivity contribution in [3.8, 4) is 0 Å². The molecule has 13 heavy (non-hydrogen) atoms. The van der Waals surface area contributed by atoms with E-state index in [0.717, 1.165) is 19.5 Å². The Bertz CT molecular complexity index is 187. The first-order valence-electron chi connectivity index (χ1n) is 4.80. The lowest BCUT2D eigenvalue weighted by Gasteiger charge is -2.23. The van der Waals surface area contributed by atoms with E-state index in [-0.39, 0.29) is 17.4 Å². The second-order valence-corrected chi connectivity index (χ2v) is 4.10. The zero-order valence-corrected chi connectivity index (χ0v) is 8.39. The highest BCUT2D eigenvalue weighted by Crippen LogP contribution is 2.24.